The van der Waals surface area contributed by atoms with Gasteiger partial charge in [-0.3, -0.25) is 0 Å². The maximum Gasteiger partial charge on any atom is 0.243 e. The third-order valence-electron chi connectivity index (χ3n) is 3.36. The van der Waals surface area contributed by atoms with Gasteiger partial charge in [-0.1, -0.05) is 0 Å². The van der Waals surface area contributed by atoms with Crippen LogP contribution in [0.15, 0.2) is 23.1 Å². The molecule has 2 rings (SSSR count). The van der Waals surface area contributed by atoms with E-state index in [9.17, 15) is 17.2 Å². The van der Waals surface area contributed by atoms with Crippen LogP contribution >= 0.6 is 0 Å². The Morgan fingerprint density at radius 1 is 1.30 bits per heavy atom. The van der Waals surface area contributed by atoms with Crippen LogP contribution in [0.4, 0.5) is 8.78 Å². The molecule has 0 spiro atoms. The van der Waals surface area contributed by atoms with Crippen LogP contribution in [0.1, 0.15) is 12.8 Å². The quantitative estimate of drug-likeness (QED) is 0.855. The van der Waals surface area contributed by atoms with Crippen LogP contribution in [0.2, 0.25) is 0 Å². The highest BCUT2D eigenvalue weighted by molar-refractivity contribution is 7.89. The van der Waals surface area contributed by atoms with Gasteiger partial charge in [-0.15, -0.1) is 0 Å². The van der Waals surface area contributed by atoms with E-state index in [4.69, 9.17) is 4.74 Å². The van der Waals surface area contributed by atoms with E-state index in [0.29, 0.717) is 32.2 Å². The van der Waals surface area contributed by atoms with Gasteiger partial charge in [0.2, 0.25) is 10.0 Å². The minimum atomic E-state index is -3.86. The second kappa shape index (κ2) is 6.15. The van der Waals surface area contributed by atoms with Gasteiger partial charge in [0.25, 0.3) is 0 Å². The molecule has 0 N–H and O–H groups in total. The Kier molecular flexibility index (Phi) is 4.72. The minimum absolute atomic E-state index is 0.113. The Labute approximate surface area is 117 Å². The Bertz CT molecular complexity index is 555. The van der Waals surface area contributed by atoms with Crippen molar-refractivity contribution < 1.29 is 21.9 Å². The molecular formula is C13H17F2NO3S. The van der Waals surface area contributed by atoms with Crippen LogP contribution in [0.5, 0.6) is 0 Å². The van der Waals surface area contributed by atoms with Crippen molar-refractivity contribution in [3.05, 3.63) is 29.8 Å². The van der Waals surface area contributed by atoms with Crippen LogP contribution in [0.25, 0.3) is 0 Å². The number of benzene rings is 1. The van der Waals surface area contributed by atoms with Crippen molar-refractivity contribution in [3.63, 3.8) is 0 Å². The third kappa shape index (κ3) is 3.34. The van der Waals surface area contributed by atoms with Gasteiger partial charge in [-0.2, -0.15) is 4.31 Å². The third-order valence-corrected chi connectivity index (χ3v) is 5.20. The molecule has 0 radical (unpaired) electrons. The van der Waals surface area contributed by atoms with Crippen molar-refractivity contribution in [1.82, 2.24) is 4.31 Å². The zero-order chi connectivity index (χ0) is 14.8. The molecule has 0 saturated carbocycles. The predicted molar refractivity (Wildman–Crippen MR) is 69.7 cm³/mol. The lowest BCUT2D eigenvalue weighted by atomic mass is 10.0. The van der Waals surface area contributed by atoms with Gasteiger partial charge < -0.3 is 4.74 Å². The summed E-state index contributed by atoms with van der Waals surface area (Å²) in [6.45, 7) is 1.15. The molecule has 1 unspecified atom stereocenters. The van der Waals surface area contributed by atoms with Gasteiger partial charge in [-0.05, 0) is 30.9 Å². The van der Waals surface area contributed by atoms with E-state index < -0.39 is 21.7 Å². The number of sulfonamides is 1. The predicted octanol–water partition coefficient (Wildman–Crippen LogP) is 2.01. The lowest BCUT2D eigenvalue weighted by Crippen LogP contribution is -2.41. The van der Waals surface area contributed by atoms with E-state index in [-0.39, 0.29) is 10.8 Å². The Hall–Kier alpha value is -1.05. The fourth-order valence-electron chi connectivity index (χ4n) is 2.44. The van der Waals surface area contributed by atoms with Crippen molar-refractivity contribution in [1.29, 1.82) is 0 Å². The average Bonchev–Trinajstić information content (AvgIpc) is 2.38. The monoisotopic (exact) mass is 305 g/mol. The highest BCUT2D eigenvalue weighted by Gasteiger charge is 2.30. The molecule has 1 heterocycles. The molecule has 1 aromatic carbocycles. The van der Waals surface area contributed by atoms with Gasteiger partial charge in [0.05, 0.1) is 11.5 Å². The molecule has 0 aromatic heterocycles. The standard InChI is InChI=1S/C13H17F2NO3S/c1-19-9-10-3-2-4-16(8-10)20(17,18)13-6-11(14)5-12(15)7-13/h5-7,10H,2-4,8-9H2,1H3. The Morgan fingerprint density at radius 2 is 1.95 bits per heavy atom. The first kappa shape index (κ1) is 15.3. The molecule has 1 fully saturated rings. The van der Waals surface area contributed by atoms with Crippen LogP contribution < -0.4 is 0 Å². The van der Waals surface area contributed by atoms with Crippen LogP contribution in [0, 0.1) is 17.6 Å². The first-order valence-corrected chi connectivity index (χ1v) is 7.82. The fraction of sp³-hybridized carbons (Fsp3) is 0.538. The first-order chi connectivity index (χ1) is 9.43. The van der Waals surface area contributed by atoms with Gasteiger partial charge in [0.15, 0.2) is 0 Å². The summed E-state index contributed by atoms with van der Waals surface area (Å²) in [5, 5.41) is 0. The maximum atomic E-state index is 13.2. The zero-order valence-electron chi connectivity index (χ0n) is 11.2. The SMILES string of the molecule is COCC1CCCN(S(=O)(=O)c2cc(F)cc(F)c2)C1. The molecular weight excluding hydrogens is 288 g/mol. The topological polar surface area (TPSA) is 46.6 Å². The summed E-state index contributed by atoms with van der Waals surface area (Å²) in [6, 6.07) is 2.35. The Morgan fingerprint density at radius 3 is 2.55 bits per heavy atom. The molecule has 1 aliphatic rings. The number of nitrogens with zero attached hydrogens (tertiary/aromatic N) is 1. The summed E-state index contributed by atoms with van der Waals surface area (Å²) >= 11 is 0. The van der Waals surface area contributed by atoms with Crippen LogP contribution in [-0.2, 0) is 14.8 Å². The molecule has 1 atom stereocenters. The number of halogens is 2. The lowest BCUT2D eigenvalue weighted by molar-refractivity contribution is 0.118. The summed E-state index contributed by atoms with van der Waals surface area (Å²) < 4.78 is 57.5. The second-order valence-electron chi connectivity index (χ2n) is 4.93. The van der Waals surface area contributed by atoms with Crippen LogP contribution in [0.3, 0.4) is 0 Å². The molecule has 1 aromatic rings. The van der Waals surface area contributed by atoms with E-state index in [2.05, 4.69) is 0 Å². The maximum absolute atomic E-state index is 13.2. The number of methoxy groups -OCH3 is 1. The molecule has 1 aliphatic heterocycles. The summed E-state index contributed by atoms with van der Waals surface area (Å²) in [7, 11) is -2.30. The fourth-order valence-corrected chi connectivity index (χ4v) is 4.04. The average molecular weight is 305 g/mol. The van der Waals surface area contributed by atoms with Crippen molar-refractivity contribution in [2.45, 2.75) is 17.7 Å². The van der Waals surface area contributed by atoms with Gasteiger partial charge in [0, 0.05) is 26.3 Å². The molecule has 0 bridgehead atoms. The van der Waals surface area contributed by atoms with Crippen molar-refractivity contribution >= 4 is 10.0 Å². The van der Waals surface area contributed by atoms with E-state index in [1.165, 1.54) is 4.31 Å². The molecule has 0 aliphatic carbocycles. The Balaban J connectivity index is 2.25. The zero-order valence-corrected chi connectivity index (χ0v) is 12.0. The van der Waals surface area contributed by atoms with E-state index in [1.807, 2.05) is 0 Å². The van der Waals surface area contributed by atoms with E-state index in [1.54, 1.807) is 7.11 Å². The molecule has 112 valence electrons. The first-order valence-electron chi connectivity index (χ1n) is 6.38. The summed E-state index contributed by atoms with van der Waals surface area (Å²) in [5.74, 6) is -1.68. The van der Waals surface area contributed by atoms with Crippen molar-refractivity contribution in [2.75, 3.05) is 26.8 Å². The number of piperidine rings is 1. The normalized spacial score (nSPS) is 21.1. The summed E-state index contributed by atoms with van der Waals surface area (Å²) in [6.07, 6.45) is 1.60. The molecule has 1 saturated heterocycles. The highest BCUT2D eigenvalue weighted by Crippen LogP contribution is 2.24. The molecule has 0 amide bonds. The van der Waals surface area contributed by atoms with E-state index in [0.717, 1.165) is 18.6 Å². The second-order valence-corrected chi connectivity index (χ2v) is 6.87. The molecule has 20 heavy (non-hydrogen) atoms. The van der Waals surface area contributed by atoms with Gasteiger partial charge in [0.1, 0.15) is 11.6 Å². The number of rotatable bonds is 4. The number of hydrogen-bond donors (Lipinski definition) is 0. The highest BCUT2D eigenvalue weighted by atomic mass is 32.2. The van der Waals surface area contributed by atoms with Crippen molar-refractivity contribution in [2.24, 2.45) is 5.92 Å². The molecule has 7 heteroatoms. The van der Waals surface area contributed by atoms with Crippen molar-refractivity contribution in [3.8, 4) is 0 Å². The van der Waals surface area contributed by atoms with E-state index >= 15 is 0 Å². The molecule has 4 nitrogen and oxygen atoms in total. The largest absolute Gasteiger partial charge is 0.384 e. The number of ether oxygens (including phenoxy) is 1. The van der Waals surface area contributed by atoms with Gasteiger partial charge in [-0.25, -0.2) is 17.2 Å². The minimum Gasteiger partial charge on any atom is -0.384 e. The number of hydrogen-bond acceptors (Lipinski definition) is 3. The van der Waals surface area contributed by atoms with Gasteiger partial charge >= 0.3 is 0 Å². The summed E-state index contributed by atoms with van der Waals surface area (Å²) in [4.78, 5) is -0.340. The smallest absolute Gasteiger partial charge is 0.243 e. The van der Waals surface area contributed by atoms with Crippen LogP contribution in [-0.4, -0.2) is 39.5 Å². The lowest BCUT2D eigenvalue weighted by Gasteiger charge is -2.31. The summed E-state index contributed by atoms with van der Waals surface area (Å²) in [5.41, 5.74) is 0.